The van der Waals surface area contributed by atoms with E-state index in [1.54, 1.807) is 19.5 Å². The van der Waals surface area contributed by atoms with Crippen molar-refractivity contribution in [3.63, 3.8) is 0 Å². The molecule has 6 nitrogen and oxygen atoms in total. The molecule has 0 unspecified atom stereocenters. The zero-order chi connectivity index (χ0) is 18.9. The van der Waals surface area contributed by atoms with Crippen molar-refractivity contribution in [1.82, 2.24) is 9.55 Å². The molecule has 0 saturated heterocycles. The van der Waals surface area contributed by atoms with Crippen LogP contribution in [0.5, 0.6) is 5.75 Å². The van der Waals surface area contributed by atoms with E-state index in [4.69, 9.17) is 4.74 Å². The molecule has 26 heavy (non-hydrogen) atoms. The molecule has 0 amide bonds. The van der Waals surface area contributed by atoms with Gasteiger partial charge in [-0.1, -0.05) is 26.0 Å². The fourth-order valence-electron chi connectivity index (χ4n) is 3.52. The third kappa shape index (κ3) is 3.28. The summed E-state index contributed by atoms with van der Waals surface area (Å²) in [4.78, 5) is 23.8. The first-order valence-electron chi connectivity index (χ1n) is 8.58. The van der Waals surface area contributed by atoms with Crippen LogP contribution in [0.15, 0.2) is 36.7 Å². The van der Waals surface area contributed by atoms with Crippen LogP contribution in [-0.2, 0) is 24.0 Å². The van der Waals surface area contributed by atoms with Crippen molar-refractivity contribution in [3.8, 4) is 5.75 Å². The highest BCUT2D eigenvalue weighted by Gasteiger charge is 2.24. The van der Waals surface area contributed by atoms with E-state index in [9.17, 15) is 14.4 Å². The summed E-state index contributed by atoms with van der Waals surface area (Å²) < 4.78 is 19.2. The Morgan fingerprint density at radius 1 is 1.12 bits per heavy atom. The van der Waals surface area contributed by atoms with E-state index in [1.807, 2.05) is 42.7 Å². The highest BCUT2D eigenvalue weighted by molar-refractivity contribution is 7.60. The van der Waals surface area contributed by atoms with Gasteiger partial charge in [0, 0.05) is 6.54 Å². The van der Waals surface area contributed by atoms with E-state index in [-0.39, 0.29) is 5.30 Å². The number of imidazole rings is 1. The first-order chi connectivity index (χ1) is 12.4. The molecule has 1 heterocycles. The maximum Gasteiger partial charge on any atom is 0.356 e. The second kappa shape index (κ2) is 7.23. The monoisotopic (exact) mass is 374 g/mol. The topological polar surface area (TPSA) is 84.6 Å². The number of ether oxygens (including phenoxy) is 1. The van der Waals surface area contributed by atoms with Crippen LogP contribution in [0, 0.1) is 0 Å². The van der Waals surface area contributed by atoms with E-state index in [1.165, 1.54) is 0 Å². The molecule has 0 spiro atoms. The number of hydrogen-bond donors (Lipinski definition) is 2. The molecule has 0 bridgehead atoms. The third-order valence-electron chi connectivity index (χ3n) is 4.70. The van der Waals surface area contributed by atoms with Crippen molar-refractivity contribution in [2.24, 2.45) is 0 Å². The maximum atomic E-state index is 11.8. The molecule has 0 radical (unpaired) electrons. The lowest BCUT2D eigenvalue weighted by molar-refractivity contribution is 0.387. The Morgan fingerprint density at radius 3 is 2.46 bits per heavy atom. The van der Waals surface area contributed by atoms with Gasteiger partial charge in [0.15, 0.2) is 0 Å². The normalized spacial score (nSPS) is 11.9. The molecule has 0 fully saturated rings. The van der Waals surface area contributed by atoms with Crippen LogP contribution < -0.4 is 10.0 Å². The number of hydrogen-bond acceptors (Lipinski definition) is 3. The lowest BCUT2D eigenvalue weighted by atomic mass is 9.97. The van der Waals surface area contributed by atoms with E-state index < -0.39 is 7.60 Å². The van der Waals surface area contributed by atoms with Crippen LogP contribution in [-0.4, -0.2) is 26.4 Å². The zero-order valence-electron chi connectivity index (χ0n) is 15.1. The Bertz CT molecular complexity index is 991. The zero-order valence-corrected chi connectivity index (χ0v) is 16.0. The lowest BCUT2D eigenvalue weighted by Crippen LogP contribution is -2.16. The molecule has 138 valence electrons. The second-order valence-corrected chi connectivity index (χ2v) is 7.72. The molecule has 2 N–H and O–H groups in total. The van der Waals surface area contributed by atoms with E-state index in [0.717, 1.165) is 33.5 Å². The number of benzene rings is 2. The van der Waals surface area contributed by atoms with E-state index in [0.29, 0.717) is 19.4 Å². The molecule has 0 saturated carbocycles. The van der Waals surface area contributed by atoms with Crippen molar-refractivity contribution in [2.75, 3.05) is 7.11 Å². The van der Waals surface area contributed by atoms with Crippen LogP contribution in [0.3, 0.4) is 0 Å². The smallest absolute Gasteiger partial charge is 0.356 e. The van der Waals surface area contributed by atoms with Crippen molar-refractivity contribution in [3.05, 3.63) is 53.3 Å². The predicted octanol–water partition coefficient (Wildman–Crippen LogP) is 3.02. The van der Waals surface area contributed by atoms with Crippen molar-refractivity contribution in [1.29, 1.82) is 0 Å². The Labute approximate surface area is 152 Å². The summed E-state index contributed by atoms with van der Waals surface area (Å²) in [5.74, 6) is 0.725. The summed E-state index contributed by atoms with van der Waals surface area (Å²) in [5, 5.41) is 0.137. The van der Waals surface area contributed by atoms with Gasteiger partial charge in [0.25, 0.3) is 0 Å². The molecule has 3 rings (SSSR count). The number of para-hydroxylation sites is 1. The molecule has 2 aromatic carbocycles. The number of methoxy groups -OCH3 is 1. The summed E-state index contributed by atoms with van der Waals surface area (Å²) in [6, 6.07) is 9.17. The first-order valence-corrected chi connectivity index (χ1v) is 10.2. The molecule has 7 heteroatoms. The van der Waals surface area contributed by atoms with Gasteiger partial charge in [-0.05, 0) is 47.7 Å². The van der Waals surface area contributed by atoms with Crippen LogP contribution in [0.1, 0.15) is 30.5 Å². The molecular weight excluding hydrogens is 351 g/mol. The van der Waals surface area contributed by atoms with Gasteiger partial charge in [-0.2, -0.15) is 0 Å². The predicted molar refractivity (Wildman–Crippen MR) is 102 cm³/mol. The molecule has 0 aliphatic heterocycles. The second-order valence-electron chi connectivity index (χ2n) is 6.15. The van der Waals surface area contributed by atoms with E-state index >= 15 is 0 Å². The van der Waals surface area contributed by atoms with Gasteiger partial charge >= 0.3 is 7.60 Å². The lowest BCUT2D eigenvalue weighted by Gasteiger charge is -2.18. The fourth-order valence-corrected chi connectivity index (χ4v) is 4.43. The Balaban J connectivity index is 2.10. The number of nitrogens with zero attached hydrogens (tertiary/aromatic N) is 2. The van der Waals surface area contributed by atoms with Crippen LogP contribution in [0.4, 0.5) is 0 Å². The number of fused-ring (bicyclic) bond motifs is 1. The van der Waals surface area contributed by atoms with Gasteiger partial charge in [-0.15, -0.1) is 0 Å². The summed E-state index contributed by atoms with van der Waals surface area (Å²) >= 11 is 0. The average Bonchev–Trinajstić information content (AvgIpc) is 3.03. The summed E-state index contributed by atoms with van der Waals surface area (Å²) in [6.07, 6.45) is 3.06. The van der Waals surface area contributed by atoms with Gasteiger partial charge < -0.3 is 19.1 Å². The van der Waals surface area contributed by atoms with Gasteiger partial charge in [0.05, 0.1) is 24.3 Å². The standard InChI is InChI=1S/C19H23N2O4P/c1-4-14-13(9-10-18(15(14)5-2)26(22,23)24)11-21-12-20-19-16(21)7-6-8-17(19)25-3/h6-10,12H,4-5,11H2,1-3H3,(H2,22,23,24). The maximum absolute atomic E-state index is 11.8. The summed E-state index contributed by atoms with van der Waals surface area (Å²) in [7, 11) is -2.67. The van der Waals surface area contributed by atoms with Crippen LogP contribution in [0.2, 0.25) is 0 Å². The Morgan fingerprint density at radius 2 is 1.85 bits per heavy atom. The minimum Gasteiger partial charge on any atom is -0.494 e. The highest BCUT2D eigenvalue weighted by Crippen LogP contribution is 2.37. The summed E-state index contributed by atoms with van der Waals surface area (Å²) in [6.45, 7) is 4.52. The van der Waals surface area contributed by atoms with Crippen molar-refractivity contribution in [2.45, 2.75) is 33.2 Å². The largest absolute Gasteiger partial charge is 0.494 e. The third-order valence-corrected chi connectivity index (χ3v) is 5.74. The van der Waals surface area contributed by atoms with Crippen molar-refractivity contribution >= 4 is 23.9 Å². The minimum atomic E-state index is -4.29. The van der Waals surface area contributed by atoms with Gasteiger partial charge in [-0.3, -0.25) is 4.57 Å². The number of rotatable bonds is 6. The van der Waals surface area contributed by atoms with Gasteiger partial charge in [0.2, 0.25) is 0 Å². The fraction of sp³-hybridized carbons (Fsp3) is 0.316. The Kier molecular flexibility index (Phi) is 5.19. The Hall–Kier alpha value is -2.14. The molecule has 0 aliphatic rings. The minimum absolute atomic E-state index is 0.137. The van der Waals surface area contributed by atoms with Crippen molar-refractivity contribution < 1.29 is 19.1 Å². The quantitative estimate of drug-likeness (QED) is 0.648. The SMILES string of the molecule is CCc1c(Cn2cnc3c(OC)cccc32)ccc(P(=O)(O)O)c1CC. The summed E-state index contributed by atoms with van der Waals surface area (Å²) in [5.41, 5.74) is 4.56. The molecule has 3 aromatic rings. The highest BCUT2D eigenvalue weighted by atomic mass is 31.2. The van der Waals surface area contributed by atoms with Crippen LogP contribution >= 0.6 is 7.60 Å². The molecular formula is C19H23N2O4P. The van der Waals surface area contributed by atoms with Gasteiger partial charge in [0.1, 0.15) is 11.3 Å². The molecule has 1 aromatic heterocycles. The van der Waals surface area contributed by atoms with E-state index in [2.05, 4.69) is 4.98 Å². The molecule has 0 aliphatic carbocycles. The first kappa shape index (κ1) is 18.6. The molecule has 0 atom stereocenters. The number of aromatic nitrogens is 2. The van der Waals surface area contributed by atoms with Crippen LogP contribution in [0.25, 0.3) is 11.0 Å². The average molecular weight is 374 g/mol. The van der Waals surface area contributed by atoms with Gasteiger partial charge in [-0.25, -0.2) is 4.98 Å².